The number of hydrogen-bond acceptors (Lipinski definition) is 6. The van der Waals surface area contributed by atoms with E-state index in [2.05, 4.69) is 32.7 Å². The smallest absolute Gasteiger partial charge is 0.367 e. The maximum absolute atomic E-state index is 13.1. The van der Waals surface area contributed by atoms with Crippen LogP contribution in [0.3, 0.4) is 0 Å². The minimum Gasteiger partial charge on any atom is -0.367 e. The summed E-state index contributed by atoms with van der Waals surface area (Å²) in [6, 6.07) is 2.36. The summed E-state index contributed by atoms with van der Waals surface area (Å²) >= 11 is 0. The van der Waals surface area contributed by atoms with Crippen LogP contribution in [0.15, 0.2) is 30.6 Å². The predicted octanol–water partition coefficient (Wildman–Crippen LogP) is 5.19. The Morgan fingerprint density at radius 3 is 2.60 bits per heavy atom. The van der Waals surface area contributed by atoms with Crippen molar-refractivity contribution >= 4 is 16.9 Å². The van der Waals surface area contributed by atoms with E-state index in [1.165, 1.54) is 0 Å². The van der Waals surface area contributed by atoms with Gasteiger partial charge < -0.3 is 9.64 Å². The third-order valence-electron chi connectivity index (χ3n) is 6.69. The Bertz CT molecular complexity index is 1270. The average molecular weight is 487 g/mol. The Kier molecular flexibility index (Phi) is 6.03. The Balaban J connectivity index is 1.47. The number of halogens is 3. The molecular weight excluding hydrogens is 457 g/mol. The van der Waals surface area contributed by atoms with Crippen LogP contribution in [0.1, 0.15) is 61.0 Å². The van der Waals surface area contributed by atoms with Crippen LogP contribution >= 0.6 is 0 Å². The number of alkyl halides is 3. The number of pyridine rings is 1. The zero-order valence-electron chi connectivity index (χ0n) is 20.1. The van der Waals surface area contributed by atoms with Crippen LogP contribution in [0.25, 0.3) is 11.0 Å². The van der Waals surface area contributed by atoms with Crippen molar-refractivity contribution in [3.63, 3.8) is 0 Å². The van der Waals surface area contributed by atoms with Gasteiger partial charge in [0.15, 0.2) is 0 Å². The highest BCUT2D eigenvalue weighted by atomic mass is 19.4. The van der Waals surface area contributed by atoms with Gasteiger partial charge in [0.2, 0.25) is 0 Å². The summed E-state index contributed by atoms with van der Waals surface area (Å²) < 4.78 is 47.5. The molecule has 1 aliphatic heterocycles. The maximum Gasteiger partial charge on any atom is 0.412 e. The first-order valence-corrected chi connectivity index (χ1v) is 11.9. The molecule has 1 aliphatic carbocycles. The van der Waals surface area contributed by atoms with E-state index in [1.807, 2.05) is 37.7 Å². The summed E-state index contributed by atoms with van der Waals surface area (Å²) in [5, 5.41) is 4.49. The lowest BCUT2D eigenvalue weighted by Crippen LogP contribution is -2.43. The quantitative estimate of drug-likeness (QED) is 0.447. The minimum absolute atomic E-state index is 0.0604. The molecule has 0 N–H and O–H groups in total. The predicted molar refractivity (Wildman–Crippen MR) is 126 cm³/mol. The number of ether oxygens (including phenoxy) is 1. The number of nitrogens with zero attached hydrogens (tertiary/aromatic N) is 6. The fourth-order valence-electron chi connectivity index (χ4n) is 4.41. The van der Waals surface area contributed by atoms with Crippen LogP contribution in [-0.4, -0.2) is 50.1 Å². The lowest BCUT2D eigenvalue weighted by atomic mass is 10.1. The van der Waals surface area contributed by atoms with Gasteiger partial charge in [-0.2, -0.15) is 18.3 Å². The number of allylic oxidation sites excluding steroid dienone is 1. The number of aromatic nitrogens is 5. The van der Waals surface area contributed by atoms with E-state index in [0.29, 0.717) is 41.7 Å². The molecule has 4 heterocycles. The second-order valence-corrected chi connectivity index (χ2v) is 9.62. The largest absolute Gasteiger partial charge is 0.412 e. The molecule has 0 spiro atoms. The van der Waals surface area contributed by atoms with Gasteiger partial charge in [-0.1, -0.05) is 6.58 Å². The molecule has 0 amide bonds. The van der Waals surface area contributed by atoms with Crippen molar-refractivity contribution in [2.24, 2.45) is 0 Å². The molecule has 2 unspecified atom stereocenters. The molecule has 2 atom stereocenters. The van der Waals surface area contributed by atoms with Crippen molar-refractivity contribution < 1.29 is 17.9 Å². The highest BCUT2D eigenvalue weighted by Crippen LogP contribution is 2.36. The molecule has 1 saturated carbocycles. The molecule has 35 heavy (non-hydrogen) atoms. The monoisotopic (exact) mass is 486 g/mol. The standard InChI is InChI=1S/C25H29F3N6O/c1-14(25(26,27)28)5-8-20-24-21(30-16(3)17(4)31-24)9-23(32-20)33-11-15(2)35-22(13-33)18-10-29-34(12-18)19-6-7-19/h9-10,12,15,19,22H,1,5-8,11,13H2,2-4H3. The number of morpholine rings is 1. The summed E-state index contributed by atoms with van der Waals surface area (Å²) in [6.45, 7) is 10.1. The summed E-state index contributed by atoms with van der Waals surface area (Å²) in [5.74, 6) is 0.664. The van der Waals surface area contributed by atoms with Crippen molar-refractivity contribution in [2.75, 3.05) is 18.0 Å². The van der Waals surface area contributed by atoms with Crippen LogP contribution < -0.4 is 4.90 Å². The lowest BCUT2D eigenvalue weighted by molar-refractivity contribution is -0.0935. The second kappa shape index (κ2) is 8.89. The van der Waals surface area contributed by atoms with Gasteiger partial charge in [-0.15, -0.1) is 0 Å². The molecule has 5 rings (SSSR count). The molecule has 0 radical (unpaired) electrons. The van der Waals surface area contributed by atoms with E-state index in [-0.39, 0.29) is 25.0 Å². The van der Waals surface area contributed by atoms with Crippen LogP contribution in [0.5, 0.6) is 0 Å². The highest BCUT2D eigenvalue weighted by Gasteiger charge is 2.33. The van der Waals surface area contributed by atoms with Crippen LogP contribution in [0.4, 0.5) is 19.0 Å². The molecule has 0 aromatic carbocycles. The van der Waals surface area contributed by atoms with E-state index < -0.39 is 11.7 Å². The molecule has 186 valence electrons. The van der Waals surface area contributed by atoms with Gasteiger partial charge in [0.05, 0.1) is 47.5 Å². The fraction of sp³-hybridized carbons (Fsp3) is 0.520. The Morgan fingerprint density at radius 2 is 1.89 bits per heavy atom. The Morgan fingerprint density at radius 1 is 1.14 bits per heavy atom. The summed E-state index contributed by atoms with van der Waals surface area (Å²) in [6.07, 6.45) is 1.39. The third kappa shape index (κ3) is 5.03. The first kappa shape index (κ1) is 23.7. The third-order valence-corrected chi connectivity index (χ3v) is 6.69. The summed E-state index contributed by atoms with van der Waals surface area (Å²) in [5.41, 5.74) is 3.41. The van der Waals surface area contributed by atoms with E-state index in [1.54, 1.807) is 0 Å². The molecule has 10 heteroatoms. The number of aryl methyl sites for hydroxylation is 3. The first-order valence-electron chi connectivity index (χ1n) is 11.9. The van der Waals surface area contributed by atoms with Crippen LogP contribution in [0.2, 0.25) is 0 Å². The summed E-state index contributed by atoms with van der Waals surface area (Å²) in [7, 11) is 0. The summed E-state index contributed by atoms with van der Waals surface area (Å²) in [4.78, 5) is 16.2. The van der Waals surface area contributed by atoms with Gasteiger partial charge >= 0.3 is 6.18 Å². The van der Waals surface area contributed by atoms with E-state index in [9.17, 15) is 13.2 Å². The van der Waals surface area contributed by atoms with Gasteiger partial charge in [-0.3, -0.25) is 4.68 Å². The lowest BCUT2D eigenvalue weighted by Gasteiger charge is -2.37. The topological polar surface area (TPSA) is 69.0 Å². The zero-order valence-corrected chi connectivity index (χ0v) is 20.1. The van der Waals surface area contributed by atoms with Gasteiger partial charge in [-0.25, -0.2) is 15.0 Å². The van der Waals surface area contributed by atoms with Gasteiger partial charge in [0.1, 0.15) is 17.4 Å². The van der Waals surface area contributed by atoms with Crippen molar-refractivity contribution in [1.29, 1.82) is 0 Å². The average Bonchev–Trinajstić information content (AvgIpc) is 3.53. The second-order valence-electron chi connectivity index (χ2n) is 9.62. The molecule has 3 aromatic rings. The van der Waals surface area contributed by atoms with Crippen LogP contribution in [0, 0.1) is 13.8 Å². The van der Waals surface area contributed by atoms with Gasteiger partial charge in [0, 0.05) is 29.9 Å². The Labute approximate surface area is 202 Å². The maximum atomic E-state index is 13.1. The fourth-order valence-corrected chi connectivity index (χ4v) is 4.41. The normalized spacial score (nSPS) is 21.0. The first-order chi connectivity index (χ1) is 16.6. The Hall–Kier alpha value is -3.01. The van der Waals surface area contributed by atoms with Crippen molar-refractivity contribution in [2.45, 2.75) is 70.9 Å². The van der Waals surface area contributed by atoms with Crippen molar-refractivity contribution in [3.05, 3.63) is 53.3 Å². The van der Waals surface area contributed by atoms with E-state index >= 15 is 0 Å². The number of anilines is 1. The van der Waals surface area contributed by atoms with Gasteiger partial charge in [0.25, 0.3) is 0 Å². The molecule has 1 saturated heterocycles. The zero-order chi connectivity index (χ0) is 24.9. The molecule has 2 aliphatic rings. The highest BCUT2D eigenvalue weighted by molar-refractivity contribution is 5.80. The van der Waals surface area contributed by atoms with E-state index in [4.69, 9.17) is 9.72 Å². The van der Waals surface area contributed by atoms with Gasteiger partial charge in [-0.05, 0) is 46.5 Å². The minimum atomic E-state index is -4.43. The molecular formula is C25H29F3N6O. The molecule has 2 fully saturated rings. The molecule has 7 nitrogen and oxygen atoms in total. The SMILES string of the molecule is C=C(CCc1nc(N2CC(C)OC(c3cnn(C4CC4)c3)C2)cc2nc(C)c(C)nc12)C(F)(F)F. The van der Waals surface area contributed by atoms with Crippen molar-refractivity contribution in [3.8, 4) is 0 Å². The van der Waals surface area contributed by atoms with E-state index in [0.717, 1.165) is 29.8 Å². The number of fused-ring (bicyclic) bond motifs is 1. The number of hydrogen-bond donors (Lipinski definition) is 0. The van der Waals surface area contributed by atoms with Crippen molar-refractivity contribution in [1.82, 2.24) is 24.7 Å². The molecule has 3 aromatic heterocycles. The number of rotatable bonds is 6. The molecule has 0 bridgehead atoms. The van der Waals surface area contributed by atoms with Crippen LogP contribution in [-0.2, 0) is 11.2 Å².